The number of para-hydroxylation sites is 5. The molecule has 1 aliphatic carbocycles. The van der Waals surface area contributed by atoms with Gasteiger partial charge in [-0.15, -0.1) is 0 Å². The van der Waals surface area contributed by atoms with E-state index in [0.717, 1.165) is 68.4 Å². The second kappa shape index (κ2) is 21.8. The van der Waals surface area contributed by atoms with E-state index in [9.17, 15) is 0 Å². The van der Waals surface area contributed by atoms with Crippen molar-refractivity contribution < 1.29 is 0 Å². The van der Waals surface area contributed by atoms with E-state index >= 15 is 0 Å². The van der Waals surface area contributed by atoms with Crippen molar-refractivity contribution in [1.82, 2.24) is 13.7 Å². The molecule has 3 aliphatic heterocycles. The maximum Gasteiger partial charge on any atom is 0.0788 e. The molecular formula is C79H67N6P. The fourth-order valence-corrected chi connectivity index (χ4v) is 17.4. The monoisotopic (exact) mass is 1130 g/mol. The Bertz CT molecular complexity index is 4810. The van der Waals surface area contributed by atoms with E-state index in [-0.39, 0.29) is 5.66 Å². The molecule has 6 heterocycles. The third kappa shape index (κ3) is 8.64. The number of hydrogen-bond acceptors (Lipinski definition) is 3. The second-order valence-electron chi connectivity index (χ2n) is 23.3. The molecule has 7 heteroatoms. The highest BCUT2D eigenvalue weighted by Gasteiger charge is 2.39. The third-order valence-electron chi connectivity index (χ3n) is 18.4. The van der Waals surface area contributed by atoms with Crippen LogP contribution in [0.15, 0.2) is 255 Å². The molecule has 16 rings (SSSR count). The summed E-state index contributed by atoms with van der Waals surface area (Å²) in [5.41, 5.74) is 25.3. The lowest BCUT2D eigenvalue weighted by atomic mass is 10.00. The summed E-state index contributed by atoms with van der Waals surface area (Å²) in [6.45, 7) is 6.05. The lowest BCUT2D eigenvalue weighted by molar-refractivity contribution is 0.960. The number of aromatic nitrogens is 3. The van der Waals surface area contributed by atoms with Crippen molar-refractivity contribution in [1.29, 1.82) is 0 Å². The van der Waals surface area contributed by atoms with Gasteiger partial charge in [-0.2, -0.15) is 0 Å². The van der Waals surface area contributed by atoms with Crippen LogP contribution in [-0.2, 0) is 19.0 Å². The Hall–Kier alpha value is -9.61. The highest BCUT2D eigenvalue weighted by Crippen LogP contribution is 2.69. The molecule has 0 N–H and O–H groups in total. The Labute approximate surface area is 505 Å². The van der Waals surface area contributed by atoms with Gasteiger partial charge in [-0.3, -0.25) is 0 Å². The van der Waals surface area contributed by atoms with Gasteiger partial charge in [0.2, 0.25) is 0 Å². The van der Waals surface area contributed by atoms with E-state index in [1.807, 2.05) is 0 Å². The molecule has 4 aliphatic rings. The number of unbranched alkanes of at least 4 members (excludes halogenated alkanes) is 1. The van der Waals surface area contributed by atoms with Crippen molar-refractivity contribution in [2.45, 2.75) is 57.8 Å². The molecule has 0 saturated heterocycles. The summed E-state index contributed by atoms with van der Waals surface area (Å²) in [6.07, 6.45) is 29.3. The molecule has 86 heavy (non-hydrogen) atoms. The first-order chi connectivity index (χ1) is 42.6. The molecule has 0 bridgehead atoms. The molecule has 12 aromatic rings. The van der Waals surface area contributed by atoms with Crippen LogP contribution in [0.3, 0.4) is 0 Å². The largest absolute Gasteiger partial charge is 0.337 e. The number of rotatable bonds is 9. The first-order valence-electron chi connectivity index (χ1n) is 30.8. The molecule has 0 radical (unpaired) electrons. The molecule has 0 spiro atoms. The average molecular weight is 1130 g/mol. The Kier molecular flexibility index (Phi) is 13.2. The highest BCUT2D eigenvalue weighted by molar-refractivity contribution is 7.60. The van der Waals surface area contributed by atoms with Gasteiger partial charge in [0.15, 0.2) is 0 Å². The summed E-state index contributed by atoms with van der Waals surface area (Å²) in [4.78, 5) is 5.05. The first kappa shape index (κ1) is 52.0. The van der Waals surface area contributed by atoms with Crippen LogP contribution in [0.1, 0.15) is 71.1 Å². The van der Waals surface area contributed by atoms with Gasteiger partial charge in [0, 0.05) is 117 Å². The maximum absolute atomic E-state index is 2.71. The SMILES string of the molecule is CCC/C=C\c1c(C)c2ccccc2n1-c1cccc(-n2c3ccccc3c3ccc4c5c(n(-c6cccc(N7C/C=C\C8c9ccccc9N(c9cccc(N%10C/C=C\C=C/Cc%11ccccc%11%10)c9)P8Cc8ccccc87)c6)c4c32)C=CCC5)c1. The summed E-state index contributed by atoms with van der Waals surface area (Å²) in [5.74, 6) is 0. The van der Waals surface area contributed by atoms with Crippen molar-refractivity contribution in [3.8, 4) is 17.1 Å². The fraction of sp³-hybridized carbons (Fsp3) is 0.139. The number of nitrogens with zero attached hydrogens (tertiary/aromatic N) is 6. The van der Waals surface area contributed by atoms with E-state index in [4.69, 9.17) is 0 Å². The van der Waals surface area contributed by atoms with Crippen LogP contribution in [0.5, 0.6) is 0 Å². The second-order valence-corrected chi connectivity index (χ2v) is 25.5. The third-order valence-corrected chi connectivity index (χ3v) is 21.1. The minimum Gasteiger partial charge on any atom is -0.337 e. The Balaban J connectivity index is 0.823. The zero-order valence-electron chi connectivity index (χ0n) is 48.8. The van der Waals surface area contributed by atoms with E-state index in [2.05, 4.69) is 309 Å². The standard InChI is InChI=1S/C79H67N6P/c1-3-4-7-39-70-55(2)64-35-11-17-42-73(64)82(70)60-31-24-33-62(53-60)84-75-44-19-13-37-66(75)68-48-47-67-65-36-12-18-43-74(65)83(78(67)79(68)84)61-32-22-29-58(51-61)81-50-25-46-77-69-38-14-20-45-76(69)85(86(77)54-57-28-10-16-41-72(57)81)63-34-23-30-59(52-63)80-49-21-6-5-8-26-56-27-9-15-40-71(56)80/h5-11,13-25,27-35,37-48,51-53,77H,3-4,12,26,36,49-50,54H2,1-2H3/b8-5-,21-6-,39-7-,46-25-. The van der Waals surface area contributed by atoms with Crippen LogP contribution in [0.2, 0.25) is 0 Å². The molecular weight excluding hydrogens is 1060 g/mol. The fourth-order valence-electron chi connectivity index (χ4n) is 14.5. The van der Waals surface area contributed by atoms with Gasteiger partial charge in [-0.1, -0.05) is 183 Å². The van der Waals surface area contributed by atoms with E-state index in [0.29, 0.717) is 0 Å². The molecule has 0 saturated carbocycles. The van der Waals surface area contributed by atoms with Gasteiger partial charge in [-0.05, 0) is 158 Å². The molecule has 0 amide bonds. The van der Waals surface area contributed by atoms with Gasteiger partial charge in [-0.25, -0.2) is 0 Å². The number of allylic oxidation sites excluding steroid dienone is 6. The van der Waals surface area contributed by atoms with E-state index in [1.165, 1.54) is 117 Å². The molecule has 3 aromatic heterocycles. The summed E-state index contributed by atoms with van der Waals surface area (Å²) in [6, 6.07) is 78.0. The van der Waals surface area contributed by atoms with Gasteiger partial charge in [0.1, 0.15) is 0 Å². The zero-order valence-corrected chi connectivity index (χ0v) is 49.7. The van der Waals surface area contributed by atoms with Crippen LogP contribution in [0.4, 0.5) is 34.1 Å². The van der Waals surface area contributed by atoms with Crippen molar-refractivity contribution in [2.75, 3.05) is 27.6 Å². The highest BCUT2D eigenvalue weighted by atomic mass is 31.1. The molecule has 418 valence electrons. The van der Waals surface area contributed by atoms with Gasteiger partial charge in [0.25, 0.3) is 0 Å². The number of anilines is 6. The van der Waals surface area contributed by atoms with Crippen molar-refractivity contribution in [2.24, 2.45) is 0 Å². The topological polar surface area (TPSA) is 24.5 Å². The van der Waals surface area contributed by atoms with Crippen LogP contribution in [0.25, 0.3) is 72.8 Å². The van der Waals surface area contributed by atoms with Crippen LogP contribution < -0.4 is 14.5 Å². The van der Waals surface area contributed by atoms with E-state index in [1.54, 1.807) is 0 Å². The van der Waals surface area contributed by atoms with Crippen LogP contribution >= 0.6 is 8.07 Å². The van der Waals surface area contributed by atoms with Crippen molar-refractivity contribution >= 4 is 98.0 Å². The molecule has 2 atom stereocenters. The predicted octanol–water partition coefficient (Wildman–Crippen LogP) is 21.1. The zero-order chi connectivity index (χ0) is 57.2. The molecule has 9 aromatic carbocycles. The van der Waals surface area contributed by atoms with Crippen LogP contribution in [0, 0.1) is 6.92 Å². The Morgan fingerprint density at radius 3 is 1.90 bits per heavy atom. The summed E-state index contributed by atoms with van der Waals surface area (Å²) in [7, 11) is -0.797. The first-order valence-corrected chi connectivity index (χ1v) is 32.3. The number of hydrogen-bond donors (Lipinski definition) is 0. The minimum absolute atomic E-state index is 0.250. The van der Waals surface area contributed by atoms with Crippen molar-refractivity contribution in [3.63, 3.8) is 0 Å². The maximum atomic E-state index is 2.71. The summed E-state index contributed by atoms with van der Waals surface area (Å²) >= 11 is 0. The number of aryl methyl sites for hydroxylation is 2. The quantitative estimate of drug-likeness (QED) is 0.106. The lowest BCUT2D eigenvalue weighted by Crippen LogP contribution is -2.19. The van der Waals surface area contributed by atoms with Crippen LogP contribution in [-0.4, -0.2) is 26.8 Å². The van der Waals surface area contributed by atoms with E-state index < -0.39 is 8.07 Å². The van der Waals surface area contributed by atoms with Gasteiger partial charge >= 0.3 is 0 Å². The summed E-state index contributed by atoms with van der Waals surface area (Å²) in [5, 5.41) is 5.10. The molecule has 0 fully saturated rings. The lowest BCUT2D eigenvalue weighted by Gasteiger charge is -2.33. The van der Waals surface area contributed by atoms with Gasteiger partial charge in [0.05, 0.1) is 22.1 Å². The smallest absolute Gasteiger partial charge is 0.0788 e. The number of benzene rings is 9. The minimum atomic E-state index is -0.797. The van der Waals surface area contributed by atoms with Gasteiger partial charge < -0.3 is 28.2 Å². The molecule has 2 unspecified atom stereocenters. The molecule has 6 nitrogen and oxygen atoms in total. The van der Waals surface area contributed by atoms with Crippen molar-refractivity contribution in [3.05, 3.63) is 294 Å². The summed E-state index contributed by atoms with van der Waals surface area (Å²) < 4.78 is 10.3. The number of fused-ring (bicyclic) bond motifs is 13. The Morgan fingerprint density at radius 2 is 1.09 bits per heavy atom. The normalized spacial score (nSPS) is 17.6. The average Bonchev–Trinajstić information content (AvgIpc) is 1.65. The Morgan fingerprint density at radius 1 is 0.500 bits per heavy atom. The predicted molar refractivity (Wildman–Crippen MR) is 367 cm³/mol.